The highest BCUT2D eigenvalue weighted by Crippen LogP contribution is 2.33. The molecule has 0 spiro atoms. The van der Waals surface area contributed by atoms with Crippen molar-refractivity contribution in [2.75, 3.05) is 0 Å². The van der Waals surface area contributed by atoms with E-state index in [-0.39, 0.29) is 5.02 Å². The van der Waals surface area contributed by atoms with Crippen LogP contribution in [0, 0.1) is 0 Å². The molecule has 2 aromatic carbocycles. The van der Waals surface area contributed by atoms with E-state index in [0.717, 1.165) is 5.56 Å². The molecule has 0 aliphatic rings. The van der Waals surface area contributed by atoms with Gasteiger partial charge in [0.15, 0.2) is 0 Å². The Morgan fingerprint density at radius 1 is 0.952 bits per heavy atom. The van der Waals surface area contributed by atoms with Crippen LogP contribution in [0.15, 0.2) is 52.4 Å². The summed E-state index contributed by atoms with van der Waals surface area (Å²) in [7, 11) is 0. The zero-order valence-corrected chi connectivity index (χ0v) is 12.1. The first-order valence-electron chi connectivity index (χ1n) is 5.85. The molecule has 4 nitrogen and oxygen atoms in total. The molecule has 0 aliphatic carbocycles. The average molecular weight is 319 g/mol. The molecule has 0 fully saturated rings. The van der Waals surface area contributed by atoms with E-state index in [9.17, 15) is 9.59 Å². The maximum atomic E-state index is 10.7. The summed E-state index contributed by atoms with van der Waals surface area (Å²) >= 11 is 12.0. The van der Waals surface area contributed by atoms with Crippen LogP contribution >= 0.6 is 23.2 Å². The molecule has 2 aromatic rings. The first-order valence-corrected chi connectivity index (χ1v) is 6.61. The predicted octanol–water partition coefficient (Wildman–Crippen LogP) is 4.39. The maximum absolute atomic E-state index is 10.7. The molecule has 1 unspecified atom stereocenters. The van der Waals surface area contributed by atoms with Gasteiger partial charge in [0.05, 0.1) is 10.7 Å². The second-order valence-corrected chi connectivity index (χ2v) is 4.94. The summed E-state index contributed by atoms with van der Waals surface area (Å²) in [5, 5.41) is 0.802. The van der Waals surface area contributed by atoms with Gasteiger partial charge in [0.1, 0.15) is 6.04 Å². The van der Waals surface area contributed by atoms with Crippen LogP contribution in [0.2, 0.25) is 10.0 Å². The van der Waals surface area contributed by atoms with Crippen LogP contribution < -0.4 is 0 Å². The zero-order chi connectivity index (χ0) is 15.2. The lowest BCUT2D eigenvalue weighted by atomic mass is 9.99. The molecule has 0 heterocycles. The van der Waals surface area contributed by atoms with E-state index in [0.29, 0.717) is 16.3 Å². The lowest BCUT2D eigenvalue weighted by Gasteiger charge is -2.12. The van der Waals surface area contributed by atoms with Crippen LogP contribution in [0.5, 0.6) is 0 Å². The van der Waals surface area contributed by atoms with Crippen molar-refractivity contribution >= 4 is 41.0 Å². The van der Waals surface area contributed by atoms with Gasteiger partial charge in [-0.05, 0) is 35.4 Å². The van der Waals surface area contributed by atoms with Gasteiger partial charge < -0.3 is 0 Å². The fraction of sp³-hybridized carbons (Fsp3) is 0.0667. The quantitative estimate of drug-likeness (QED) is 0.620. The molecule has 104 valence electrons. The Labute approximate surface area is 130 Å². The van der Waals surface area contributed by atoms with Crippen molar-refractivity contribution in [3.8, 4) is 0 Å². The van der Waals surface area contributed by atoms with Crippen molar-refractivity contribution in [3.05, 3.63) is 63.6 Å². The van der Waals surface area contributed by atoms with E-state index in [2.05, 4.69) is 9.98 Å². The van der Waals surface area contributed by atoms with Crippen molar-refractivity contribution in [1.29, 1.82) is 0 Å². The molecular formula is C15H8Cl2N2O2. The lowest BCUT2D eigenvalue weighted by molar-refractivity contribution is 0.560. The van der Waals surface area contributed by atoms with Gasteiger partial charge in [-0.3, -0.25) is 0 Å². The summed E-state index contributed by atoms with van der Waals surface area (Å²) in [6, 6.07) is 11.2. The molecule has 21 heavy (non-hydrogen) atoms. The first-order chi connectivity index (χ1) is 10.2. The minimum Gasteiger partial charge on any atom is -0.211 e. The normalized spacial score (nSPS) is 11.1. The van der Waals surface area contributed by atoms with Crippen LogP contribution in [0.4, 0.5) is 5.69 Å². The molecule has 0 amide bonds. The largest absolute Gasteiger partial charge is 0.240 e. The van der Waals surface area contributed by atoms with E-state index in [4.69, 9.17) is 23.2 Å². The van der Waals surface area contributed by atoms with Crippen molar-refractivity contribution in [2.24, 2.45) is 9.98 Å². The Kier molecular flexibility index (Phi) is 5.04. The smallest absolute Gasteiger partial charge is 0.211 e. The number of aliphatic imine (C=N–C) groups is 2. The number of halogens is 2. The molecule has 0 saturated heterocycles. The van der Waals surface area contributed by atoms with Crippen LogP contribution in [0.3, 0.4) is 0 Å². The number of hydrogen-bond acceptors (Lipinski definition) is 4. The van der Waals surface area contributed by atoms with E-state index in [1.807, 2.05) is 0 Å². The van der Waals surface area contributed by atoms with E-state index < -0.39 is 6.04 Å². The fourth-order valence-corrected chi connectivity index (χ4v) is 2.33. The van der Waals surface area contributed by atoms with Crippen LogP contribution in [-0.2, 0) is 9.59 Å². The molecule has 6 heteroatoms. The summed E-state index contributed by atoms with van der Waals surface area (Å²) in [4.78, 5) is 28.2. The van der Waals surface area contributed by atoms with E-state index >= 15 is 0 Å². The van der Waals surface area contributed by atoms with Gasteiger partial charge in [-0.1, -0.05) is 41.4 Å². The number of carbonyl (C=O) groups excluding carboxylic acids is 2. The third kappa shape index (κ3) is 3.66. The van der Waals surface area contributed by atoms with Gasteiger partial charge in [-0.2, -0.15) is 9.98 Å². The van der Waals surface area contributed by atoms with Gasteiger partial charge in [-0.15, -0.1) is 0 Å². The minimum absolute atomic E-state index is 0.268. The number of nitrogens with zero attached hydrogens (tertiary/aromatic N) is 2. The first kappa shape index (κ1) is 15.2. The summed E-state index contributed by atoms with van der Waals surface area (Å²) in [6.07, 6.45) is 2.97. The highest BCUT2D eigenvalue weighted by Gasteiger charge is 2.15. The second kappa shape index (κ2) is 6.98. The third-order valence-electron chi connectivity index (χ3n) is 2.80. The molecule has 0 aromatic heterocycles. The van der Waals surface area contributed by atoms with Gasteiger partial charge in [0, 0.05) is 5.02 Å². The third-order valence-corrected chi connectivity index (χ3v) is 3.34. The highest BCUT2D eigenvalue weighted by atomic mass is 35.5. The number of benzene rings is 2. The standard InChI is InChI=1S/C15H8Cl2N2O2/c16-12-3-1-2-10(6-12)15(19-9-21)11-4-5-14(18-8-20)13(17)7-11/h1-7,15H. The van der Waals surface area contributed by atoms with Crippen molar-refractivity contribution in [3.63, 3.8) is 0 Å². The SMILES string of the molecule is O=C=Nc1ccc(C(N=C=O)c2cccc(Cl)c2)cc1Cl. The summed E-state index contributed by atoms with van der Waals surface area (Å²) in [5.74, 6) is 0. The molecule has 1 atom stereocenters. The Morgan fingerprint density at radius 3 is 2.33 bits per heavy atom. The average Bonchev–Trinajstić information content (AvgIpc) is 2.47. The van der Waals surface area contributed by atoms with Gasteiger partial charge >= 0.3 is 0 Å². The van der Waals surface area contributed by atoms with E-state index in [1.54, 1.807) is 48.5 Å². The van der Waals surface area contributed by atoms with Crippen molar-refractivity contribution < 1.29 is 9.59 Å². The Hall–Kier alpha value is -2.22. The molecule has 0 saturated carbocycles. The summed E-state index contributed by atoms with van der Waals surface area (Å²) in [6.45, 7) is 0. The molecule has 0 N–H and O–H groups in total. The fourth-order valence-electron chi connectivity index (χ4n) is 1.90. The molecule has 0 radical (unpaired) electrons. The van der Waals surface area contributed by atoms with Gasteiger partial charge in [0.25, 0.3) is 0 Å². The molecular weight excluding hydrogens is 311 g/mol. The maximum Gasteiger partial charge on any atom is 0.240 e. The van der Waals surface area contributed by atoms with Gasteiger partial charge in [-0.25, -0.2) is 9.59 Å². The van der Waals surface area contributed by atoms with Gasteiger partial charge in [0.2, 0.25) is 12.2 Å². The Morgan fingerprint density at radius 2 is 1.71 bits per heavy atom. The Bertz CT molecular complexity index is 764. The topological polar surface area (TPSA) is 58.9 Å². The molecule has 2 rings (SSSR count). The monoisotopic (exact) mass is 318 g/mol. The van der Waals surface area contributed by atoms with Crippen LogP contribution in [-0.4, -0.2) is 12.2 Å². The van der Waals surface area contributed by atoms with Crippen LogP contribution in [0.25, 0.3) is 0 Å². The summed E-state index contributed by atoms with van der Waals surface area (Å²) in [5.41, 5.74) is 1.69. The predicted molar refractivity (Wildman–Crippen MR) is 80.7 cm³/mol. The molecule has 0 bridgehead atoms. The van der Waals surface area contributed by atoms with Crippen molar-refractivity contribution in [1.82, 2.24) is 0 Å². The zero-order valence-electron chi connectivity index (χ0n) is 10.6. The second-order valence-electron chi connectivity index (χ2n) is 4.09. The number of isocyanates is 2. The summed E-state index contributed by atoms with van der Waals surface area (Å²) < 4.78 is 0. The van der Waals surface area contributed by atoms with E-state index in [1.165, 1.54) is 6.08 Å². The van der Waals surface area contributed by atoms with Crippen LogP contribution in [0.1, 0.15) is 17.2 Å². The Balaban J connectivity index is 2.51. The highest BCUT2D eigenvalue weighted by molar-refractivity contribution is 6.33. The lowest BCUT2D eigenvalue weighted by Crippen LogP contribution is -1.98. The number of rotatable bonds is 4. The molecule has 0 aliphatic heterocycles. The number of hydrogen-bond donors (Lipinski definition) is 0. The van der Waals surface area contributed by atoms with Crippen molar-refractivity contribution in [2.45, 2.75) is 6.04 Å². The minimum atomic E-state index is -0.576.